The predicted octanol–water partition coefficient (Wildman–Crippen LogP) is 2.70. The highest BCUT2D eigenvalue weighted by Gasteiger charge is 2.18. The lowest BCUT2D eigenvalue weighted by atomic mass is 10.1. The van der Waals surface area contributed by atoms with Gasteiger partial charge in [0.15, 0.2) is 5.06 Å². The zero-order valence-corrected chi connectivity index (χ0v) is 10.4. The molecule has 0 aliphatic rings. The summed E-state index contributed by atoms with van der Waals surface area (Å²) >= 11 is 5.79. The van der Waals surface area contributed by atoms with Gasteiger partial charge in [0.05, 0.1) is 0 Å². The topological polar surface area (TPSA) is 59.2 Å². The average molecular weight is 253 g/mol. The minimum atomic E-state index is -1.36. The van der Waals surface area contributed by atoms with Gasteiger partial charge in [-0.15, -0.1) is 10.2 Å². The molecule has 0 spiro atoms. The zero-order chi connectivity index (χ0) is 12.5. The molecule has 0 aliphatic carbocycles. The normalized spacial score (nSPS) is 14.6. The van der Waals surface area contributed by atoms with Gasteiger partial charge < -0.3 is 9.52 Å². The van der Waals surface area contributed by atoms with E-state index in [0.717, 1.165) is 5.56 Å². The van der Waals surface area contributed by atoms with Crippen LogP contribution in [0.25, 0.3) is 11.5 Å². The Morgan fingerprint density at radius 3 is 2.41 bits per heavy atom. The quantitative estimate of drug-likeness (QED) is 0.854. The highest BCUT2D eigenvalue weighted by molar-refractivity contribution is 6.22. The van der Waals surface area contributed by atoms with Crippen LogP contribution in [0.15, 0.2) is 28.7 Å². The number of benzene rings is 1. The minimum Gasteiger partial charge on any atom is -0.421 e. The summed E-state index contributed by atoms with van der Waals surface area (Å²) in [7, 11) is 0. The molecule has 0 amide bonds. The zero-order valence-electron chi connectivity index (χ0n) is 9.64. The minimum absolute atomic E-state index is 0.475. The van der Waals surface area contributed by atoms with Crippen LogP contribution in [0.2, 0.25) is 0 Å². The number of alkyl halides is 1. The van der Waals surface area contributed by atoms with Crippen LogP contribution in [0, 0.1) is 0 Å². The number of rotatable bonds is 3. The summed E-state index contributed by atoms with van der Waals surface area (Å²) in [6.07, 6.45) is 0.710. The second-order valence-electron chi connectivity index (χ2n) is 3.89. The van der Waals surface area contributed by atoms with E-state index in [4.69, 9.17) is 16.0 Å². The molecule has 0 aliphatic heterocycles. The van der Waals surface area contributed by atoms with Crippen molar-refractivity contribution in [3.8, 4) is 11.5 Å². The average Bonchev–Trinajstić information content (AvgIpc) is 2.76. The Bertz CT molecular complexity index is 500. The van der Waals surface area contributed by atoms with E-state index in [1.165, 1.54) is 6.92 Å². The molecular formula is C12H13ClN2O2. The van der Waals surface area contributed by atoms with Gasteiger partial charge in [0.2, 0.25) is 11.8 Å². The van der Waals surface area contributed by atoms with Crippen LogP contribution >= 0.6 is 11.6 Å². The second-order valence-corrected chi connectivity index (χ2v) is 4.62. The molecule has 0 bridgehead atoms. The molecule has 1 aromatic heterocycles. The van der Waals surface area contributed by atoms with Crippen LogP contribution in [-0.2, 0) is 11.5 Å². The summed E-state index contributed by atoms with van der Waals surface area (Å²) in [6.45, 7) is 3.47. The molecule has 1 heterocycles. The van der Waals surface area contributed by atoms with Crippen molar-refractivity contribution in [2.45, 2.75) is 25.3 Å². The molecule has 0 radical (unpaired) electrons. The summed E-state index contributed by atoms with van der Waals surface area (Å²) in [5, 5.41) is 16.1. The van der Waals surface area contributed by atoms with Crippen molar-refractivity contribution in [1.82, 2.24) is 10.2 Å². The van der Waals surface area contributed by atoms with E-state index in [1.54, 1.807) is 24.3 Å². The maximum Gasteiger partial charge on any atom is 0.247 e. The molecule has 1 aromatic carbocycles. The molecule has 0 fully saturated rings. The summed E-state index contributed by atoms with van der Waals surface area (Å²) in [6, 6.07) is 7.05. The fourth-order valence-corrected chi connectivity index (χ4v) is 1.56. The van der Waals surface area contributed by atoms with Crippen LogP contribution in [0.3, 0.4) is 0 Å². The first-order chi connectivity index (χ1) is 8.00. The molecule has 2 rings (SSSR count). The molecule has 17 heavy (non-hydrogen) atoms. The van der Waals surface area contributed by atoms with Crippen molar-refractivity contribution in [2.24, 2.45) is 0 Å². The third-order valence-electron chi connectivity index (χ3n) is 2.43. The number of hydrogen-bond acceptors (Lipinski definition) is 4. The maximum absolute atomic E-state index is 9.61. The van der Waals surface area contributed by atoms with Gasteiger partial charge in [-0.05, 0) is 24.6 Å². The van der Waals surface area contributed by atoms with Gasteiger partial charge in [0, 0.05) is 12.0 Å². The molecule has 2 aromatic rings. The maximum atomic E-state index is 9.61. The van der Waals surface area contributed by atoms with E-state index in [0.29, 0.717) is 23.8 Å². The molecular weight excluding hydrogens is 240 g/mol. The van der Waals surface area contributed by atoms with Gasteiger partial charge in [-0.1, -0.05) is 30.7 Å². The first-order valence-corrected chi connectivity index (χ1v) is 5.73. The Hall–Kier alpha value is -1.39. The smallest absolute Gasteiger partial charge is 0.247 e. The van der Waals surface area contributed by atoms with Crippen LogP contribution in [0.5, 0.6) is 0 Å². The first kappa shape index (κ1) is 12.1. The lowest BCUT2D eigenvalue weighted by Gasteiger charge is -2.14. The third kappa shape index (κ3) is 2.65. The van der Waals surface area contributed by atoms with E-state index in [-0.39, 0.29) is 0 Å². The molecule has 5 heteroatoms. The van der Waals surface area contributed by atoms with Crippen molar-refractivity contribution < 1.29 is 9.52 Å². The largest absolute Gasteiger partial charge is 0.421 e. The van der Waals surface area contributed by atoms with Crippen molar-refractivity contribution in [2.75, 3.05) is 0 Å². The number of aromatic nitrogens is 2. The number of aliphatic hydroxyl groups is 1. The molecule has 0 saturated carbocycles. The lowest BCUT2D eigenvalue weighted by molar-refractivity contribution is 0.150. The van der Waals surface area contributed by atoms with Crippen molar-refractivity contribution in [3.63, 3.8) is 0 Å². The highest BCUT2D eigenvalue weighted by Crippen LogP contribution is 2.27. The summed E-state index contributed by atoms with van der Waals surface area (Å²) in [5.74, 6) is 1.08. The number of hydrogen-bond donors (Lipinski definition) is 1. The number of halogens is 1. The van der Waals surface area contributed by atoms with Gasteiger partial charge >= 0.3 is 0 Å². The summed E-state index contributed by atoms with van der Waals surface area (Å²) in [5.41, 5.74) is 1.43. The van der Waals surface area contributed by atoms with Gasteiger partial charge in [-0.25, -0.2) is 0 Å². The summed E-state index contributed by atoms with van der Waals surface area (Å²) < 4.78 is 5.43. The Morgan fingerprint density at radius 2 is 1.94 bits per heavy atom. The second kappa shape index (κ2) is 4.47. The molecule has 1 unspecified atom stereocenters. The molecule has 1 N–H and O–H groups in total. The van der Waals surface area contributed by atoms with E-state index >= 15 is 0 Å². The van der Waals surface area contributed by atoms with Crippen LogP contribution in [0.4, 0.5) is 0 Å². The van der Waals surface area contributed by atoms with Crippen molar-refractivity contribution >= 4 is 11.6 Å². The Labute approximate surface area is 104 Å². The number of aryl methyl sites for hydroxylation is 1. The lowest BCUT2D eigenvalue weighted by Crippen LogP contribution is -2.11. The standard InChI is InChI=1S/C12H13ClN2O2/c1-3-10-14-15-11(17-10)8-4-6-9(7-5-8)12(2,13)16/h4-7,16H,3H2,1-2H3. The van der Waals surface area contributed by atoms with Gasteiger partial charge in [0.1, 0.15) is 0 Å². The van der Waals surface area contributed by atoms with Crippen molar-refractivity contribution in [3.05, 3.63) is 35.7 Å². The monoisotopic (exact) mass is 252 g/mol. The molecule has 4 nitrogen and oxygen atoms in total. The highest BCUT2D eigenvalue weighted by atomic mass is 35.5. The Kier molecular flexibility index (Phi) is 3.17. The predicted molar refractivity (Wildman–Crippen MR) is 64.5 cm³/mol. The van der Waals surface area contributed by atoms with E-state index in [2.05, 4.69) is 10.2 Å². The van der Waals surface area contributed by atoms with E-state index in [1.807, 2.05) is 6.92 Å². The fourth-order valence-electron chi connectivity index (χ4n) is 1.43. The van der Waals surface area contributed by atoms with Gasteiger partial charge in [0.25, 0.3) is 0 Å². The first-order valence-electron chi connectivity index (χ1n) is 5.35. The van der Waals surface area contributed by atoms with Crippen LogP contribution in [0.1, 0.15) is 25.3 Å². The molecule has 0 saturated heterocycles. The van der Waals surface area contributed by atoms with Gasteiger partial charge in [-0.2, -0.15) is 0 Å². The van der Waals surface area contributed by atoms with Crippen LogP contribution in [-0.4, -0.2) is 15.3 Å². The summed E-state index contributed by atoms with van der Waals surface area (Å²) in [4.78, 5) is 0. The number of nitrogens with zero attached hydrogens (tertiary/aromatic N) is 2. The Morgan fingerprint density at radius 1 is 1.29 bits per heavy atom. The van der Waals surface area contributed by atoms with Crippen molar-refractivity contribution in [1.29, 1.82) is 0 Å². The SMILES string of the molecule is CCc1nnc(-c2ccc(C(C)(O)Cl)cc2)o1. The van der Waals surface area contributed by atoms with E-state index in [9.17, 15) is 5.11 Å². The van der Waals surface area contributed by atoms with Gasteiger partial charge in [-0.3, -0.25) is 0 Å². The van der Waals surface area contributed by atoms with E-state index < -0.39 is 5.06 Å². The molecule has 1 atom stereocenters. The third-order valence-corrected chi connectivity index (χ3v) is 2.65. The Balaban J connectivity index is 2.29. The fraction of sp³-hybridized carbons (Fsp3) is 0.333. The van der Waals surface area contributed by atoms with Crippen LogP contribution < -0.4 is 0 Å². The molecule has 90 valence electrons.